The molecule has 1 aromatic rings. The highest BCUT2D eigenvalue weighted by Crippen LogP contribution is 2.24. The van der Waals surface area contributed by atoms with Crippen molar-refractivity contribution in [2.75, 3.05) is 19.0 Å². The number of carbonyl (C=O) groups excluding carboxylic acids is 1. The van der Waals surface area contributed by atoms with Crippen molar-refractivity contribution in [3.8, 4) is 0 Å². The highest BCUT2D eigenvalue weighted by atomic mass is 35.5. The van der Waals surface area contributed by atoms with Crippen LogP contribution in [0.3, 0.4) is 0 Å². The number of anilines is 1. The Labute approximate surface area is 110 Å². The van der Waals surface area contributed by atoms with Crippen LogP contribution in [0.25, 0.3) is 6.08 Å². The molecule has 1 aromatic heterocycles. The summed E-state index contributed by atoms with van der Waals surface area (Å²) in [4.78, 5) is 15.5. The molecule has 0 amide bonds. The number of methoxy groups -OCH3 is 1. The first kappa shape index (κ1) is 14.5. The molecule has 0 aliphatic rings. The van der Waals surface area contributed by atoms with Crippen LogP contribution in [0.15, 0.2) is 12.6 Å². The summed E-state index contributed by atoms with van der Waals surface area (Å²) in [5.74, 6) is -0.590. The van der Waals surface area contributed by atoms with Crippen LogP contribution in [-0.4, -0.2) is 35.8 Å². The number of nitrogens with zero attached hydrogens (tertiary/aromatic N) is 1. The number of halogens is 1. The lowest BCUT2D eigenvalue weighted by molar-refractivity contribution is 0.0594. The van der Waals surface area contributed by atoms with E-state index in [9.17, 15) is 9.90 Å². The fraction of sp³-hybridized carbons (Fsp3) is 0.333. The molecule has 1 atom stereocenters. The lowest BCUT2D eigenvalue weighted by atomic mass is 10.1. The monoisotopic (exact) mass is 270 g/mol. The summed E-state index contributed by atoms with van der Waals surface area (Å²) < 4.78 is 4.63. The average Bonchev–Trinajstić information content (AvgIpc) is 2.34. The molecule has 0 saturated carbocycles. The molecule has 0 spiro atoms. The third-order valence-electron chi connectivity index (χ3n) is 2.20. The van der Waals surface area contributed by atoms with Gasteiger partial charge < -0.3 is 15.2 Å². The number of hydrogen-bond donors (Lipinski definition) is 2. The minimum atomic E-state index is -0.590. The molecule has 5 nitrogen and oxygen atoms in total. The van der Waals surface area contributed by atoms with Gasteiger partial charge in [0.1, 0.15) is 5.15 Å². The Balaban J connectivity index is 3.20. The summed E-state index contributed by atoms with van der Waals surface area (Å²) in [6.07, 6.45) is 0.955. The van der Waals surface area contributed by atoms with Crippen molar-refractivity contribution in [3.05, 3.63) is 29.1 Å². The Morgan fingerprint density at radius 2 is 2.44 bits per heavy atom. The maximum Gasteiger partial charge on any atom is 0.357 e. The Hall–Kier alpha value is -1.59. The highest BCUT2D eigenvalue weighted by molar-refractivity contribution is 6.30. The molecule has 98 valence electrons. The van der Waals surface area contributed by atoms with Gasteiger partial charge in [-0.25, -0.2) is 9.78 Å². The lowest BCUT2D eigenvalue weighted by Crippen LogP contribution is -2.17. The smallest absolute Gasteiger partial charge is 0.357 e. The van der Waals surface area contributed by atoms with Crippen LogP contribution in [0.1, 0.15) is 23.0 Å². The van der Waals surface area contributed by atoms with Gasteiger partial charge in [-0.15, -0.1) is 0 Å². The SMILES string of the molecule is C=Cc1c(NCC(C)O)cc(Cl)nc1C(=O)OC. The molecule has 1 heterocycles. The van der Waals surface area contributed by atoms with E-state index in [1.165, 1.54) is 13.2 Å². The van der Waals surface area contributed by atoms with Gasteiger partial charge in [-0.3, -0.25) is 0 Å². The molecule has 0 bridgehead atoms. The van der Waals surface area contributed by atoms with Gasteiger partial charge in [0.15, 0.2) is 5.69 Å². The average molecular weight is 271 g/mol. The second-order valence-electron chi connectivity index (χ2n) is 3.68. The molecule has 0 saturated heterocycles. The van der Waals surface area contributed by atoms with Crippen LogP contribution >= 0.6 is 11.6 Å². The van der Waals surface area contributed by atoms with Crippen LogP contribution < -0.4 is 5.32 Å². The standard InChI is InChI=1S/C12H15ClN2O3/c1-4-8-9(14-6-7(2)16)5-10(13)15-11(8)12(17)18-3/h4-5,7,16H,1,6H2,2-3H3,(H,14,15). The number of pyridine rings is 1. The number of aromatic nitrogens is 1. The van der Waals surface area contributed by atoms with E-state index in [1.807, 2.05) is 0 Å². The number of aliphatic hydroxyl groups excluding tert-OH is 1. The van der Waals surface area contributed by atoms with E-state index in [1.54, 1.807) is 13.0 Å². The molecular formula is C12H15ClN2O3. The fourth-order valence-electron chi connectivity index (χ4n) is 1.39. The minimum Gasteiger partial charge on any atom is -0.464 e. The van der Waals surface area contributed by atoms with E-state index < -0.39 is 12.1 Å². The highest BCUT2D eigenvalue weighted by Gasteiger charge is 2.17. The number of hydrogen-bond acceptors (Lipinski definition) is 5. The van der Waals surface area contributed by atoms with Crippen molar-refractivity contribution in [1.29, 1.82) is 0 Å². The van der Waals surface area contributed by atoms with Gasteiger partial charge in [0.05, 0.1) is 13.2 Å². The zero-order chi connectivity index (χ0) is 13.7. The maximum absolute atomic E-state index is 11.6. The van der Waals surface area contributed by atoms with Crippen molar-refractivity contribution in [3.63, 3.8) is 0 Å². The van der Waals surface area contributed by atoms with Crippen LogP contribution in [-0.2, 0) is 4.74 Å². The van der Waals surface area contributed by atoms with E-state index in [2.05, 4.69) is 21.6 Å². The largest absolute Gasteiger partial charge is 0.464 e. The van der Waals surface area contributed by atoms with E-state index in [4.69, 9.17) is 11.6 Å². The van der Waals surface area contributed by atoms with Crippen molar-refractivity contribution in [1.82, 2.24) is 4.98 Å². The third-order valence-corrected chi connectivity index (χ3v) is 2.39. The van der Waals surface area contributed by atoms with Crippen LogP contribution in [0, 0.1) is 0 Å². The normalized spacial score (nSPS) is 11.8. The number of aliphatic hydroxyl groups is 1. The summed E-state index contributed by atoms with van der Waals surface area (Å²) >= 11 is 5.84. The van der Waals surface area contributed by atoms with Crippen molar-refractivity contribution >= 4 is 29.3 Å². The molecule has 0 radical (unpaired) electrons. The number of ether oxygens (including phenoxy) is 1. The summed E-state index contributed by atoms with van der Waals surface area (Å²) in [6.45, 7) is 5.60. The van der Waals surface area contributed by atoms with Gasteiger partial charge in [-0.05, 0) is 13.0 Å². The van der Waals surface area contributed by atoms with E-state index in [0.717, 1.165) is 0 Å². The van der Waals surface area contributed by atoms with E-state index >= 15 is 0 Å². The van der Waals surface area contributed by atoms with Crippen molar-refractivity contribution in [2.45, 2.75) is 13.0 Å². The second kappa shape index (κ2) is 6.37. The molecule has 1 unspecified atom stereocenters. The maximum atomic E-state index is 11.6. The molecule has 0 fully saturated rings. The lowest BCUT2D eigenvalue weighted by Gasteiger charge is -2.13. The first-order chi connectivity index (χ1) is 8.49. The first-order valence-corrected chi connectivity index (χ1v) is 5.70. The molecule has 0 aliphatic heterocycles. The summed E-state index contributed by atoms with van der Waals surface area (Å²) in [6, 6.07) is 1.56. The third kappa shape index (κ3) is 3.45. The number of rotatable bonds is 5. The van der Waals surface area contributed by atoms with Gasteiger partial charge in [0.25, 0.3) is 0 Å². The molecular weight excluding hydrogens is 256 g/mol. The topological polar surface area (TPSA) is 71.5 Å². The molecule has 18 heavy (non-hydrogen) atoms. The quantitative estimate of drug-likeness (QED) is 0.632. The summed E-state index contributed by atoms with van der Waals surface area (Å²) in [5, 5.41) is 12.4. The molecule has 6 heteroatoms. The van der Waals surface area contributed by atoms with Crippen LogP contribution in [0.4, 0.5) is 5.69 Å². The summed E-state index contributed by atoms with van der Waals surface area (Å²) in [7, 11) is 1.26. The van der Waals surface area contributed by atoms with E-state index in [-0.39, 0.29) is 10.8 Å². The fourth-order valence-corrected chi connectivity index (χ4v) is 1.58. The van der Waals surface area contributed by atoms with Gasteiger partial charge in [-0.2, -0.15) is 0 Å². The van der Waals surface area contributed by atoms with Gasteiger partial charge in [-0.1, -0.05) is 24.3 Å². The minimum absolute atomic E-state index is 0.0908. The zero-order valence-corrected chi connectivity index (χ0v) is 11.0. The first-order valence-electron chi connectivity index (χ1n) is 5.32. The Kier molecular flexibility index (Phi) is 5.12. The van der Waals surface area contributed by atoms with Gasteiger partial charge >= 0.3 is 5.97 Å². The van der Waals surface area contributed by atoms with Crippen molar-refractivity contribution in [2.24, 2.45) is 0 Å². The van der Waals surface area contributed by atoms with Gasteiger partial charge in [0, 0.05) is 17.8 Å². The van der Waals surface area contributed by atoms with Crippen molar-refractivity contribution < 1.29 is 14.6 Å². The van der Waals surface area contributed by atoms with Crippen LogP contribution in [0.5, 0.6) is 0 Å². The Bertz CT molecular complexity index is 461. The number of nitrogens with one attached hydrogen (secondary N) is 1. The predicted octanol–water partition coefficient (Wildman–Crippen LogP) is 1.96. The Morgan fingerprint density at radius 3 is 2.94 bits per heavy atom. The molecule has 0 aromatic carbocycles. The zero-order valence-electron chi connectivity index (χ0n) is 10.2. The predicted molar refractivity (Wildman–Crippen MR) is 70.8 cm³/mol. The number of esters is 1. The molecule has 0 aliphatic carbocycles. The Morgan fingerprint density at radius 1 is 1.78 bits per heavy atom. The second-order valence-corrected chi connectivity index (χ2v) is 4.07. The van der Waals surface area contributed by atoms with Gasteiger partial charge in [0.2, 0.25) is 0 Å². The summed E-state index contributed by atoms with van der Waals surface area (Å²) in [5.41, 5.74) is 1.16. The molecule has 1 rings (SSSR count). The van der Waals surface area contributed by atoms with Crippen LogP contribution in [0.2, 0.25) is 5.15 Å². The number of carbonyl (C=O) groups is 1. The molecule has 2 N–H and O–H groups in total. The van der Waals surface area contributed by atoms with E-state index in [0.29, 0.717) is 17.8 Å².